The maximum atomic E-state index is 13.2. The first-order valence-electron chi connectivity index (χ1n) is 19.9. The lowest BCUT2D eigenvalue weighted by Gasteiger charge is -2.39. The monoisotopic (exact) mass is 853 g/mol. The number of imidazole rings is 1. The average molecular weight is 854 g/mol. The molecule has 3 aromatic carbocycles. The number of hydrogen-bond donors (Lipinski definition) is 2. The van der Waals surface area contributed by atoms with Gasteiger partial charge in [0.1, 0.15) is 36.0 Å². The van der Waals surface area contributed by atoms with Crippen molar-refractivity contribution in [3.63, 3.8) is 0 Å². The highest BCUT2D eigenvalue weighted by atomic mass is 31.2. The van der Waals surface area contributed by atoms with Crippen LogP contribution in [0.25, 0.3) is 11.2 Å². The number of anilines is 1. The Bertz CT molecular complexity index is 2260. The molecule has 1 fully saturated rings. The van der Waals surface area contributed by atoms with Crippen molar-refractivity contribution in [3.05, 3.63) is 125 Å². The first kappa shape index (κ1) is 44.9. The van der Waals surface area contributed by atoms with Gasteiger partial charge in [-0.3, -0.25) is 19.7 Å². The third-order valence-corrected chi connectivity index (χ3v) is 12.2. The minimum absolute atomic E-state index is 0.0153. The first-order chi connectivity index (χ1) is 29.5. The molecule has 1 aliphatic heterocycles. The second kappa shape index (κ2) is 20.7. The highest BCUT2D eigenvalue weighted by molar-refractivity contribution is 7.44. The van der Waals surface area contributed by atoms with Gasteiger partial charge < -0.3 is 32.7 Å². The first-order valence-corrected chi connectivity index (χ1v) is 21.1. The number of aromatic nitrogens is 4. The molecule has 17 heteroatoms. The normalized spacial score (nSPS) is 17.1. The number of aromatic amines is 1. The van der Waals surface area contributed by atoms with E-state index >= 15 is 0 Å². The zero-order chi connectivity index (χ0) is 43.5. The second-order valence-corrected chi connectivity index (χ2v) is 16.0. The molecule has 0 spiro atoms. The Hall–Kier alpha value is -5.66. The van der Waals surface area contributed by atoms with Gasteiger partial charge in [0, 0.05) is 18.5 Å². The number of amides is 1. The summed E-state index contributed by atoms with van der Waals surface area (Å²) in [6.45, 7) is 12.0. The molecule has 2 aromatic heterocycles. The Labute approximate surface area is 356 Å². The van der Waals surface area contributed by atoms with Crippen LogP contribution in [0.15, 0.2) is 103 Å². The van der Waals surface area contributed by atoms with Crippen molar-refractivity contribution in [1.82, 2.24) is 24.2 Å². The number of nitriles is 1. The number of nitrogens with one attached hydrogen (secondary N) is 2. The number of H-pyrrole nitrogens is 1. The number of benzene rings is 3. The van der Waals surface area contributed by atoms with Crippen molar-refractivity contribution in [1.29, 1.82) is 5.26 Å². The quantitative estimate of drug-likeness (QED) is 0.0335. The minimum Gasteiger partial charge on any atom is -0.497 e. The van der Waals surface area contributed by atoms with Crippen LogP contribution >= 0.6 is 8.53 Å². The fraction of sp³-hybridized carbons (Fsp3) is 0.386. The second-order valence-electron chi connectivity index (χ2n) is 14.6. The molecular formula is C44H52N7O9P. The Morgan fingerprint density at radius 2 is 1.66 bits per heavy atom. The van der Waals surface area contributed by atoms with Crippen LogP contribution in [-0.2, 0) is 28.9 Å². The summed E-state index contributed by atoms with van der Waals surface area (Å²) in [5, 5.41) is 11.9. The summed E-state index contributed by atoms with van der Waals surface area (Å²) in [5.41, 5.74) is 1.00. The maximum absolute atomic E-state index is 13.2. The molecule has 0 aliphatic carbocycles. The van der Waals surface area contributed by atoms with Crippen LogP contribution in [-0.4, -0.2) is 88.6 Å². The lowest BCUT2D eigenvalue weighted by atomic mass is 9.80. The Morgan fingerprint density at radius 3 is 2.23 bits per heavy atom. The van der Waals surface area contributed by atoms with Crippen molar-refractivity contribution < 1.29 is 37.5 Å². The zero-order valence-electron chi connectivity index (χ0n) is 35.1. The van der Waals surface area contributed by atoms with Gasteiger partial charge in [-0.15, -0.1) is 0 Å². The van der Waals surface area contributed by atoms with E-state index in [2.05, 4.69) is 65.3 Å². The summed E-state index contributed by atoms with van der Waals surface area (Å²) in [6.07, 6.45) is 0.415. The van der Waals surface area contributed by atoms with Gasteiger partial charge in [-0.05, 0) is 68.7 Å². The molecule has 322 valence electrons. The van der Waals surface area contributed by atoms with Crippen molar-refractivity contribution in [3.8, 4) is 17.6 Å². The van der Waals surface area contributed by atoms with Crippen LogP contribution in [0.3, 0.4) is 0 Å². The minimum atomic E-state index is -1.72. The van der Waals surface area contributed by atoms with Crippen LogP contribution in [0.5, 0.6) is 11.5 Å². The molecule has 1 amide bonds. The lowest BCUT2D eigenvalue weighted by Crippen LogP contribution is -2.39. The van der Waals surface area contributed by atoms with Crippen LogP contribution < -0.4 is 20.3 Å². The van der Waals surface area contributed by atoms with Gasteiger partial charge in [0.05, 0.1) is 52.4 Å². The van der Waals surface area contributed by atoms with E-state index in [1.165, 1.54) is 12.4 Å². The number of methoxy groups -OCH3 is 2. The molecule has 3 heterocycles. The summed E-state index contributed by atoms with van der Waals surface area (Å²) >= 11 is 0. The summed E-state index contributed by atoms with van der Waals surface area (Å²) < 4.78 is 47.5. The van der Waals surface area contributed by atoms with Gasteiger partial charge in [0.25, 0.3) is 14.1 Å². The molecule has 1 aliphatic rings. The molecular weight excluding hydrogens is 801 g/mol. The zero-order valence-corrected chi connectivity index (χ0v) is 36.0. The van der Waals surface area contributed by atoms with Crippen LogP contribution in [0, 0.1) is 11.3 Å². The van der Waals surface area contributed by atoms with Gasteiger partial charge in [0.2, 0.25) is 5.95 Å². The maximum Gasteiger partial charge on any atom is 0.414 e. The van der Waals surface area contributed by atoms with E-state index in [-0.39, 0.29) is 61.9 Å². The van der Waals surface area contributed by atoms with Gasteiger partial charge in [-0.2, -0.15) is 10.2 Å². The van der Waals surface area contributed by atoms with E-state index in [1.54, 1.807) is 18.8 Å². The molecule has 0 saturated carbocycles. The SMILES string of the molecule is C=CCOC(=O)Nc1nc2c(ncn2[C@H]2C[C@H](OP(OCCC#N)N(C(C)C)C(C)C)[C@@H](COC(c3ccccc3)(c3ccc(OC)cc3)c3ccc(OC)cc3)O2)c(=O)[nH]1. The van der Waals surface area contributed by atoms with E-state index < -0.39 is 44.2 Å². The largest absolute Gasteiger partial charge is 0.497 e. The predicted octanol–water partition coefficient (Wildman–Crippen LogP) is 7.83. The number of ether oxygens (including phenoxy) is 5. The highest BCUT2D eigenvalue weighted by Gasteiger charge is 2.45. The number of fused-ring (bicyclic) bond motifs is 1. The highest BCUT2D eigenvalue weighted by Crippen LogP contribution is 2.51. The standard InChI is InChI=1S/C44H52N7O9P/c1-8-24-56-43(53)49-42-47-40-39(41(52)48-42)46-28-50(40)38-26-36(60-61(58-25-12-23-45)51(29(2)3)30(4)5)37(59-38)27-57-44(31-13-10-9-11-14-31,32-15-19-34(54-6)20-16-32)33-17-21-35(55-7)22-18-33/h8-11,13-22,28-30,36-38H,1,12,24-27H2,2-7H3,(H2,47,48,49,52,53)/t36-,37+,38+,61?/m0/s1. The number of carbonyl (C=O) groups is 1. The lowest BCUT2D eigenvalue weighted by molar-refractivity contribution is -0.0912. The van der Waals surface area contributed by atoms with E-state index in [1.807, 2.05) is 78.9 Å². The molecule has 6 rings (SSSR count). The van der Waals surface area contributed by atoms with Crippen LogP contribution in [0.1, 0.15) is 63.5 Å². The number of nitrogens with zero attached hydrogens (tertiary/aromatic N) is 5. The van der Waals surface area contributed by atoms with Crippen molar-refractivity contribution >= 4 is 31.7 Å². The topological polar surface area (TPSA) is 184 Å². The smallest absolute Gasteiger partial charge is 0.414 e. The average Bonchev–Trinajstić information content (AvgIpc) is 3.88. The number of carbonyl (C=O) groups excluding carboxylic acids is 1. The van der Waals surface area contributed by atoms with Gasteiger partial charge in [-0.25, -0.2) is 14.4 Å². The van der Waals surface area contributed by atoms with Gasteiger partial charge in [0.15, 0.2) is 11.2 Å². The summed E-state index contributed by atoms with van der Waals surface area (Å²) in [6, 6.07) is 27.7. The van der Waals surface area contributed by atoms with Crippen LogP contribution in [0.4, 0.5) is 10.7 Å². The summed E-state index contributed by atoms with van der Waals surface area (Å²) in [7, 11) is 1.53. The molecule has 1 saturated heterocycles. The Balaban J connectivity index is 1.44. The van der Waals surface area contributed by atoms with Gasteiger partial charge >= 0.3 is 6.09 Å². The molecule has 2 N–H and O–H groups in total. The Kier molecular flexibility index (Phi) is 15.3. The van der Waals surface area contributed by atoms with Crippen molar-refractivity contribution in [2.45, 2.75) is 76.7 Å². The number of rotatable bonds is 20. The molecule has 0 bridgehead atoms. The fourth-order valence-corrected chi connectivity index (χ4v) is 9.05. The van der Waals surface area contributed by atoms with Crippen molar-refractivity contribution in [2.24, 2.45) is 0 Å². The van der Waals surface area contributed by atoms with E-state index in [9.17, 15) is 14.9 Å². The molecule has 4 atom stereocenters. The molecule has 61 heavy (non-hydrogen) atoms. The third-order valence-electron chi connectivity index (χ3n) is 10.0. The third kappa shape index (κ3) is 10.3. The van der Waals surface area contributed by atoms with E-state index in [4.69, 9.17) is 32.7 Å². The van der Waals surface area contributed by atoms with Gasteiger partial charge in [-0.1, -0.05) is 67.3 Å². The molecule has 5 aromatic rings. The summed E-state index contributed by atoms with van der Waals surface area (Å²) in [5.74, 6) is 1.24. The Morgan fingerprint density at radius 1 is 1.03 bits per heavy atom. The fourth-order valence-electron chi connectivity index (χ4n) is 7.29. The van der Waals surface area contributed by atoms with Crippen molar-refractivity contribution in [2.75, 3.05) is 39.4 Å². The van der Waals surface area contributed by atoms with Crippen LogP contribution in [0.2, 0.25) is 0 Å². The molecule has 0 radical (unpaired) electrons. The summed E-state index contributed by atoms with van der Waals surface area (Å²) in [4.78, 5) is 37.0. The van der Waals surface area contributed by atoms with E-state index in [0.717, 1.165) is 16.7 Å². The molecule has 1 unspecified atom stereocenters. The van der Waals surface area contributed by atoms with E-state index in [0.29, 0.717) is 11.5 Å². The molecule has 16 nitrogen and oxygen atoms in total. The predicted molar refractivity (Wildman–Crippen MR) is 230 cm³/mol. The number of hydrogen-bond acceptors (Lipinski definition) is 13.